The number of ether oxygens (including phenoxy) is 11. The van der Waals surface area contributed by atoms with Crippen LogP contribution in [-0.2, 0) is 52.1 Å². The molecule has 0 aliphatic carbocycles. The van der Waals surface area contributed by atoms with Crippen LogP contribution >= 0.6 is 0 Å². The summed E-state index contributed by atoms with van der Waals surface area (Å²) in [6.07, 6.45) is 34.0. The molecule has 11 nitrogen and oxygen atoms in total. The van der Waals surface area contributed by atoms with Crippen LogP contribution in [-0.4, -0.2) is 127 Å². The van der Waals surface area contributed by atoms with Crippen molar-refractivity contribution >= 4 is 0 Å². The smallest absolute Gasteiger partial charge is 0.190 e. The third-order valence-corrected chi connectivity index (χ3v) is 6.54. The molecule has 0 radical (unpaired) electrons. The summed E-state index contributed by atoms with van der Waals surface area (Å²) < 4.78 is 66.3. The van der Waals surface area contributed by atoms with Gasteiger partial charge in [0.05, 0.1) is 13.2 Å². The van der Waals surface area contributed by atoms with E-state index in [1.165, 1.54) is 0 Å². The molecule has 2 heterocycles. The monoisotopic (exact) mass is 646 g/mol. The molecule has 0 bridgehead atoms. The molecule has 2 fully saturated rings. The second-order valence-electron chi connectivity index (χ2n) is 9.54. The largest absolute Gasteiger partial charge is 0.366 e. The number of hydrogen-bond acceptors (Lipinski definition) is 11. The summed E-state index contributed by atoms with van der Waals surface area (Å²) in [6.45, 7) is -0.876. The van der Waals surface area contributed by atoms with Crippen LogP contribution in [0.3, 0.4) is 0 Å². The summed E-state index contributed by atoms with van der Waals surface area (Å²) in [7, 11) is 0. The quantitative estimate of drug-likeness (QED) is 0.131. The first kappa shape index (κ1) is 39.2. The average molecular weight is 647 g/mol. The Kier molecular flexibility index (Phi) is 19.5. The molecular weight excluding hydrogens is 608 g/mol. The lowest BCUT2D eigenvalue weighted by molar-refractivity contribution is -0.388. The molecule has 2 aliphatic rings. The van der Waals surface area contributed by atoms with Gasteiger partial charge < -0.3 is 52.1 Å². The van der Waals surface area contributed by atoms with Gasteiger partial charge >= 0.3 is 0 Å². The normalized spacial score (nSPS) is 29.7. The van der Waals surface area contributed by atoms with Gasteiger partial charge in [0, 0.05) is 0 Å². The summed E-state index contributed by atoms with van der Waals surface area (Å²) in [5.41, 5.74) is 0. The molecule has 0 saturated carbocycles. The van der Waals surface area contributed by atoms with Gasteiger partial charge in [0.15, 0.2) is 12.6 Å². The summed E-state index contributed by atoms with van der Waals surface area (Å²) in [5, 5.41) is 0. The van der Waals surface area contributed by atoms with E-state index < -0.39 is 61.4 Å². The average Bonchev–Trinajstić information content (AvgIpc) is 3.08. The van der Waals surface area contributed by atoms with Crippen LogP contribution in [0.25, 0.3) is 0 Å². The Labute approximate surface area is 278 Å². The molecule has 0 N–H and O–H groups in total. The topological polar surface area (TPSA) is 102 Å². The van der Waals surface area contributed by atoms with Gasteiger partial charge in [-0.15, -0.1) is 51.4 Å². The molecule has 4 unspecified atom stereocenters. The molecule has 10 atom stereocenters. The van der Waals surface area contributed by atoms with E-state index in [1.807, 2.05) is 0 Å². The van der Waals surface area contributed by atoms with E-state index in [0.29, 0.717) is 0 Å². The molecule has 0 amide bonds. The van der Waals surface area contributed by atoms with E-state index in [0.717, 1.165) is 0 Å². The van der Waals surface area contributed by atoms with Crippen LogP contribution in [0, 0.1) is 98.8 Å². The van der Waals surface area contributed by atoms with Gasteiger partial charge in [-0.1, -0.05) is 47.4 Å². The van der Waals surface area contributed by atoms with Crippen LogP contribution in [0.4, 0.5) is 0 Å². The van der Waals surface area contributed by atoms with Crippen molar-refractivity contribution < 1.29 is 52.1 Å². The first-order valence-electron chi connectivity index (χ1n) is 14.3. The summed E-state index contributed by atoms with van der Waals surface area (Å²) in [5.74, 6) is 19.4. The maximum Gasteiger partial charge on any atom is 0.190 e. The Morgan fingerprint density at radius 2 is 0.638 bits per heavy atom. The lowest BCUT2D eigenvalue weighted by Gasteiger charge is -2.49. The van der Waals surface area contributed by atoms with Gasteiger partial charge in [-0.05, 0) is 0 Å². The van der Waals surface area contributed by atoms with Crippen molar-refractivity contribution in [2.24, 2.45) is 0 Å². The molecule has 0 spiro atoms. The van der Waals surface area contributed by atoms with E-state index in [1.54, 1.807) is 0 Å². The maximum absolute atomic E-state index is 6.47. The Hall–Kier alpha value is -3.96. The highest BCUT2D eigenvalue weighted by atomic mass is 16.8. The van der Waals surface area contributed by atoms with E-state index in [-0.39, 0.29) is 66.1 Å². The zero-order chi connectivity index (χ0) is 34.3. The lowest BCUT2D eigenvalue weighted by atomic mass is 9.97. The fourth-order valence-corrected chi connectivity index (χ4v) is 4.85. The SMILES string of the molecule is C#CCOCC1O[C@H](O[C@H]2OC(COCC#C)[C@@H](OCC#C)[C@H](OCC#C)C2OCC#C)[C@@H](OCC#C)C(OCC#C)[C@@H]1OCC#C. The number of rotatable bonds is 20. The molecule has 2 aliphatic heterocycles. The summed E-state index contributed by atoms with van der Waals surface area (Å²) in [4.78, 5) is 0. The summed E-state index contributed by atoms with van der Waals surface area (Å²) >= 11 is 0. The minimum absolute atomic E-state index is 0.0134. The maximum atomic E-state index is 6.47. The van der Waals surface area contributed by atoms with E-state index >= 15 is 0 Å². The minimum Gasteiger partial charge on any atom is -0.366 e. The number of terminal acetylenes is 8. The highest BCUT2D eigenvalue weighted by Crippen LogP contribution is 2.34. The van der Waals surface area contributed by atoms with Gasteiger partial charge in [0.2, 0.25) is 0 Å². The molecule has 0 aromatic carbocycles. The van der Waals surface area contributed by atoms with Crippen LogP contribution < -0.4 is 0 Å². The van der Waals surface area contributed by atoms with E-state index in [2.05, 4.69) is 47.4 Å². The van der Waals surface area contributed by atoms with Crippen molar-refractivity contribution in [2.75, 3.05) is 66.1 Å². The molecule has 47 heavy (non-hydrogen) atoms. The summed E-state index contributed by atoms with van der Waals surface area (Å²) in [6, 6.07) is 0. The predicted molar refractivity (Wildman–Crippen MR) is 169 cm³/mol. The molecule has 248 valence electrons. The van der Waals surface area contributed by atoms with E-state index in [9.17, 15) is 0 Å². The van der Waals surface area contributed by atoms with Gasteiger partial charge in [-0.3, -0.25) is 0 Å². The molecular formula is C36H38O11. The van der Waals surface area contributed by atoms with Crippen LogP contribution in [0.5, 0.6) is 0 Å². The van der Waals surface area contributed by atoms with Crippen LogP contribution in [0.2, 0.25) is 0 Å². The predicted octanol–water partition coefficient (Wildman–Crippen LogP) is -0.137. The molecule has 0 aromatic rings. The Morgan fingerprint density at radius 3 is 0.936 bits per heavy atom. The van der Waals surface area contributed by atoms with Crippen molar-refractivity contribution in [3.63, 3.8) is 0 Å². The fourth-order valence-electron chi connectivity index (χ4n) is 4.85. The van der Waals surface area contributed by atoms with Crippen molar-refractivity contribution in [2.45, 2.75) is 61.4 Å². The van der Waals surface area contributed by atoms with Crippen molar-refractivity contribution in [3.8, 4) is 98.8 Å². The van der Waals surface area contributed by atoms with Gasteiger partial charge in [0.25, 0.3) is 0 Å². The zero-order valence-electron chi connectivity index (χ0n) is 26.0. The third kappa shape index (κ3) is 12.3. The molecule has 2 rings (SSSR count). The molecule has 0 aromatic heterocycles. The Balaban J connectivity index is 2.59. The van der Waals surface area contributed by atoms with Crippen molar-refractivity contribution in [3.05, 3.63) is 0 Å². The first-order chi connectivity index (χ1) is 23.0. The van der Waals surface area contributed by atoms with Gasteiger partial charge in [0.1, 0.15) is 102 Å². The molecule has 2 saturated heterocycles. The van der Waals surface area contributed by atoms with Crippen LogP contribution in [0.15, 0.2) is 0 Å². The zero-order valence-corrected chi connectivity index (χ0v) is 26.0. The highest BCUT2D eigenvalue weighted by molar-refractivity contribution is 5.01. The third-order valence-electron chi connectivity index (χ3n) is 6.54. The lowest BCUT2D eigenvalue weighted by Crippen LogP contribution is -2.66. The first-order valence-corrected chi connectivity index (χ1v) is 14.3. The minimum atomic E-state index is -1.26. The highest BCUT2D eigenvalue weighted by Gasteiger charge is 2.54. The second kappa shape index (κ2) is 23.4. The van der Waals surface area contributed by atoms with Gasteiger partial charge in [-0.2, -0.15) is 0 Å². The van der Waals surface area contributed by atoms with Crippen molar-refractivity contribution in [1.29, 1.82) is 0 Å². The Morgan fingerprint density at radius 1 is 0.362 bits per heavy atom. The standard InChI is InChI=1S/C36H38O11/c1-9-17-37-25-27-29(39-19-11-3)31(41-21-13-5)33(43-23-15-7)35(45-27)47-36-34(44-24-16-8)32(42-22-14-6)30(40-20-12-4)28(46-36)26-38-18-10-2/h1-8,27-36H,17-26H2/t27?,28?,29-,30-,31+,32?,33?,34+,35-,36-/m1/s1. The Bertz CT molecular complexity index is 1180. The van der Waals surface area contributed by atoms with Gasteiger partial charge in [-0.25, -0.2) is 0 Å². The number of hydrogen-bond donors (Lipinski definition) is 0. The van der Waals surface area contributed by atoms with Crippen LogP contribution in [0.1, 0.15) is 0 Å². The fraction of sp³-hybridized carbons (Fsp3) is 0.556. The van der Waals surface area contributed by atoms with Crippen molar-refractivity contribution in [1.82, 2.24) is 0 Å². The second-order valence-corrected chi connectivity index (χ2v) is 9.54. The molecule has 11 heteroatoms. The van der Waals surface area contributed by atoms with E-state index in [4.69, 9.17) is 103 Å².